The Morgan fingerprint density at radius 3 is 2.90 bits per heavy atom. The standard InChI is InChI=1S/C15H19N3O3/c1-15(8-16-9-15)21-7-14(20)17-11-3-4-12-10(6-11)2-5-13(19)18-12/h3-4,6,16H,2,5,7-9H2,1H3,(H,17,20)(H,18,19). The number of nitrogens with one attached hydrogen (secondary N) is 3. The number of aryl methyl sites for hydroxylation is 1. The number of ether oxygens (including phenoxy) is 1. The van der Waals surface area contributed by atoms with E-state index in [2.05, 4.69) is 16.0 Å². The van der Waals surface area contributed by atoms with Crippen LogP contribution >= 0.6 is 0 Å². The molecule has 3 N–H and O–H groups in total. The minimum absolute atomic E-state index is 0.0371. The molecule has 1 saturated heterocycles. The lowest BCUT2D eigenvalue weighted by atomic mass is 10.0. The second-order valence-electron chi connectivity index (χ2n) is 5.81. The highest BCUT2D eigenvalue weighted by molar-refractivity contribution is 5.96. The number of carbonyl (C=O) groups is 2. The Balaban J connectivity index is 1.57. The van der Waals surface area contributed by atoms with E-state index in [1.807, 2.05) is 19.1 Å². The molecule has 2 aliphatic rings. The van der Waals surface area contributed by atoms with Crippen LogP contribution < -0.4 is 16.0 Å². The maximum absolute atomic E-state index is 11.9. The van der Waals surface area contributed by atoms with Crippen LogP contribution in [0.15, 0.2) is 18.2 Å². The first-order valence-electron chi connectivity index (χ1n) is 7.11. The Labute approximate surface area is 123 Å². The summed E-state index contributed by atoms with van der Waals surface area (Å²) in [6.07, 6.45) is 1.18. The van der Waals surface area contributed by atoms with Gasteiger partial charge in [0.1, 0.15) is 6.61 Å². The quantitative estimate of drug-likeness (QED) is 0.769. The van der Waals surface area contributed by atoms with Crippen LogP contribution in [0.2, 0.25) is 0 Å². The minimum Gasteiger partial charge on any atom is -0.363 e. The third kappa shape index (κ3) is 3.22. The summed E-state index contributed by atoms with van der Waals surface area (Å²) in [6, 6.07) is 5.51. The molecule has 2 amide bonds. The summed E-state index contributed by atoms with van der Waals surface area (Å²) in [5.74, 6) is -0.127. The Morgan fingerprint density at radius 2 is 2.19 bits per heavy atom. The van der Waals surface area contributed by atoms with Crippen LogP contribution in [-0.2, 0) is 20.7 Å². The molecule has 0 aliphatic carbocycles. The first kappa shape index (κ1) is 14.0. The fourth-order valence-corrected chi connectivity index (χ4v) is 2.48. The zero-order chi connectivity index (χ0) is 14.9. The average Bonchev–Trinajstić information content (AvgIpc) is 2.43. The van der Waals surface area contributed by atoms with Crippen molar-refractivity contribution >= 4 is 23.2 Å². The second-order valence-corrected chi connectivity index (χ2v) is 5.81. The largest absolute Gasteiger partial charge is 0.363 e. The van der Waals surface area contributed by atoms with Crippen molar-refractivity contribution in [3.63, 3.8) is 0 Å². The van der Waals surface area contributed by atoms with Crippen molar-refractivity contribution in [3.05, 3.63) is 23.8 Å². The highest BCUT2D eigenvalue weighted by Gasteiger charge is 2.33. The summed E-state index contributed by atoms with van der Waals surface area (Å²) in [7, 11) is 0. The number of anilines is 2. The van der Waals surface area contributed by atoms with Crippen LogP contribution in [0.5, 0.6) is 0 Å². The molecule has 0 bridgehead atoms. The van der Waals surface area contributed by atoms with Gasteiger partial charge in [-0.15, -0.1) is 0 Å². The number of benzene rings is 1. The van der Waals surface area contributed by atoms with Crippen molar-refractivity contribution in [2.45, 2.75) is 25.4 Å². The van der Waals surface area contributed by atoms with Crippen LogP contribution in [0, 0.1) is 0 Å². The van der Waals surface area contributed by atoms with E-state index in [-0.39, 0.29) is 24.0 Å². The normalized spacial score (nSPS) is 19.2. The molecule has 2 aliphatic heterocycles. The minimum atomic E-state index is -0.225. The molecular formula is C15H19N3O3. The van der Waals surface area contributed by atoms with E-state index in [0.717, 1.165) is 30.0 Å². The predicted octanol–water partition coefficient (Wildman–Crippen LogP) is 0.888. The highest BCUT2D eigenvalue weighted by Crippen LogP contribution is 2.25. The molecule has 6 heteroatoms. The van der Waals surface area contributed by atoms with Crippen LogP contribution in [0.4, 0.5) is 11.4 Å². The van der Waals surface area contributed by atoms with Gasteiger partial charge in [0, 0.05) is 30.9 Å². The molecule has 1 aromatic carbocycles. The molecule has 3 rings (SSSR count). The van der Waals surface area contributed by atoms with Crippen LogP contribution in [0.3, 0.4) is 0 Å². The molecule has 0 radical (unpaired) electrons. The SMILES string of the molecule is CC1(OCC(=O)Nc2ccc3c(c2)CCC(=O)N3)CNC1. The van der Waals surface area contributed by atoms with Gasteiger partial charge in [0.2, 0.25) is 11.8 Å². The van der Waals surface area contributed by atoms with Gasteiger partial charge in [-0.3, -0.25) is 9.59 Å². The van der Waals surface area contributed by atoms with Gasteiger partial charge in [0.05, 0.1) is 5.60 Å². The average molecular weight is 289 g/mol. The molecule has 2 heterocycles. The lowest BCUT2D eigenvalue weighted by molar-refractivity contribution is -0.130. The van der Waals surface area contributed by atoms with Crippen molar-refractivity contribution in [2.75, 3.05) is 30.3 Å². The van der Waals surface area contributed by atoms with E-state index in [1.165, 1.54) is 0 Å². The third-order valence-corrected chi connectivity index (χ3v) is 3.83. The maximum atomic E-state index is 11.9. The lowest BCUT2D eigenvalue weighted by Gasteiger charge is -2.38. The Hall–Kier alpha value is -1.92. The van der Waals surface area contributed by atoms with Gasteiger partial charge in [0.25, 0.3) is 0 Å². The summed E-state index contributed by atoms with van der Waals surface area (Å²) in [4.78, 5) is 23.2. The van der Waals surface area contributed by atoms with Crippen molar-refractivity contribution in [3.8, 4) is 0 Å². The van der Waals surface area contributed by atoms with E-state index in [4.69, 9.17) is 4.74 Å². The summed E-state index contributed by atoms with van der Waals surface area (Å²) in [6.45, 7) is 3.59. The number of fused-ring (bicyclic) bond motifs is 1. The maximum Gasteiger partial charge on any atom is 0.250 e. The van der Waals surface area contributed by atoms with Gasteiger partial charge >= 0.3 is 0 Å². The van der Waals surface area contributed by atoms with E-state index < -0.39 is 0 Å². The van der Waals surface area contributed by atoms with Gasteiger partial charge in [0.15, 0.2) is 0 Å². The molecule has 0 aromatic heterocycles. The first-order valence-corrected chi connectivity index (χ1v) is 7.11. The Kier molecular flexibility index (Phi) is 3.65. The van der Waals surface area contributed by atoms with Crippen LogP contribution in [0.1, 0.15) is 18.9 Å². The number of carbonyl (C=O) groups excluding carboxylic acids is 2. The van der Waals surface area contributed by atoms with E-state index in [0.29, 0.717) is 12.8 Å². The van der Waals surface area contributed by atoms with Crippen molar-refractivity contribution in [1.29, 1.82) is 0 Å². The zero-order valence-corrected chi connectivity index (χ0v) is 12.0. The molecule has 21 heavy (non-hydrogen) atoms. The summed E-state index contributed by atoms with van der Waals surface area (Å²) < 4.78 is 5.59. The summed E-state index contributed by atoms with van der Waals surface area (Å²) in [5, 5.41) is 8.77. The number of rotatable bonds is 4. The second kappa shape index (κ2) is 5.46. The van der Waals surface area contributed by atoms with Crippen LogP contribution in [0.25, 0.3) is 0 Å². The smallest absolute Gasteiger partial charge is 0.250 e. The van der Waals surface area contributed by atoms with E-state index in [1.54, 1.807) is 6.07 Å². The molecule has 0 saturated carbocycles. The number of amides is 2. The molecule has 0 atom stereocenters. The van der Waals surface area contributed by atoms with Crippen molar-refractivity contribution in [2.24, 2.45) is 0 Å². The molecule has 112 valence electrons. The van der Waals surface area contributed by atoms with Gasteiger partial charge in [-0.05, 0) is 37.1 Å². The molecule has 0 spiro atoms. The molecule has 0 unspecified atom stereocenters. The van der Waals surface area contributed by atoms with Crippen molar-refractivity contribution < 1.29 is 14.3 Å². The number of hydrogen-bond acceptors (Lipinski definition) is 4. The fourth-order valence-electron chi connectivity index (χ4n) is 2.48. The van der Waals surface area contributed by atoms with Crippen LogP contribution in [-0.4, -0.2) is 37.1 Å². The monoisotopic (exact) mass is 289 g/mol. The highest BCUT2D eigenvalue weighted by atomic mass is 16.5. The fraction of sp³-hybridized carbons (Fsp3) is 0.467. The van der Waals surface area contributed by atoms with Gasteiger partial charge in [-0.2, -0.15) is 0 Å². The third-order valence-electron chi connectivity index (χ3n) is 3.83. The summed E-state index contributed by atoms with van der Waals surface area (Å²) >= 11 is 0. The summed E-state index contributed by atoms with van der Waals surface area (Å²) in [5.41, 5.74) is 2.38. The Morgan fingerprint density at radius 1 is 1.38 bits per heavy atom. The lowest BCUT2D eigenvalue weighted by Crippen LogP contribution is -2.59. The molecule has 1 fully saturated rings. The van der Waals surface area contributed by atoms with Gasteiger partial charge < -0.3 is 20.7 Å². The van der Waals surface area contributed by atoms with Gasteiger partial charge in [-0.1, -0.05) is 0 Å². The molecule has 6 nitrogen and oxygen atoms in total. The van der Waals surface area contributed by atoms with E-state index >= 15 is 0 Å². The number of hydrogen-bond donors (Lipinski definition) is 3. The van der Waals surface area contributed by atoms with E-state index in [9.17, 15) is 9.59 Å². The predicted molar refractivity (Wildman–Crippen MR) is 79.2 cm³/mol. The van der Waals surface area contributed by atoms with Gasteiger partial charge in [-0.25, -0.2) is 0 Å². The van der Waals surface area contributed by atoms with Crippen molar-refractivity contribution in [1.82, 2.24) is 5.32 Å². The first-order chi connectivity index (χ1) is 10.0. The molecule has 1 aromatic rings. The Bertz CT molecular complexity index is 582. The zero-order valence-electron chi connectivity index (χ0n) is 12.0. The molecular weight excluding hydrogens is 270 g/mol. The topological polar surface area (TPSA) is 79.5 Å².